The van der Waals surface area contributed by atoms with Crippen LogP contribution in [-0.2, 0) is 0 Å². The molecule has 459 valence electrons. The standard InChI is InChI=1S/51Tb. The molecular formula is Tb51. The van der Waals surface area contributed by atoms with Crippen molar-refractivity contribution in [3.63, 3.8) is 0 Å². The first-order valence-corrected chi connectivity index (χ1v) is 0. The summed E-state index contributed by atoms with van der Waals surface area (Å²) >= 11 is 0. The number of hydrogen-bond acceptors (Lipinski definition) is 0. The molecule has 0 amide bonds. The molecule has 0 aliphatic rings. The molecule has 0 saturated heterocycles. The predicted octanol–water partition coefficient (Wildman–Crippen LogP) is 0. The molecule has 0 N–H and O–H groups in total. The molecule has 51 radical (unpaired) electrons. The van der Waals surface area contributed by atoms with E-state index in [4.69, 9.17) is 0 Å². The third-order valence-electron chi connectivity index (χ3n) is 0. The van der Waals surface area contributed by atoms with E-state index >= 15 is 0 Å². The molecule has 0 spiro atoms. The third kappa shape index (κ3) is 347. The number of rotatable bonds is 0. The van der Waals surface area contributed by atoms with Crippen LogP contribution in [0.2, 0.25) is 0 Å². The van der Waals surface area contributed by atoms with Crippen LogP contribution < -0.4 is 0 Å². The average molecular weight is 8110 g/mol. The van der Waals surface area contributed by atoms with Gasteiger partial charge in [0.05, 0.1) is 0 Å². The molecule has 0 aromatic carbocycles. The van der Waals surface area contributed by atoms with Gasteiger partial charge in [0, 0.05) is 1970 Å². The quantitative estimate of drug-likeness (QED) is 0.321. The van der Waals surface area contributed by atoms with Crippen LogP contribution in [0, 0.1) is 1970 Å². The van der Waals surface area contributed by atoms with Crippen LogP contribution in [0.15, 0.2) is 0 Å². The normalized spacial score (nSPS) is 0. The van der Waals surface area contributed by atoms with Gasteiger partial charge in [-0.25, -0.2) is 0 Å². The van der Waals surface area contributed by atoms with Gasteiger partial charge < -0.3 is 0 Å². The van der Waals surface area contributed by atoms with E-state index in [1.54, 1.807) is 0 Å². The summed E-state index contributed by atoms with van der Waals surface area (Å²) in [6.45, 7) is 0. The molecule has 0 nitrogen and oxygen atoms in total. The zero-order valence-corrected chi connectivity index (χ0v) is 126. The molecule has 0 heterocycles. The Bertz CT molecular complexity index is 0. The molecule has 0 unspecified atom stereocenters. The summed E-state index contributed by atoms with van der Waals surface area (Å²) < 4.78 is 0. The Hall–Kier alpha value is 65.6. The summed E-state index contributed by atoms with van der Waals surface area (Å²) in [6, 6.07) is 0. The molecule has 0 aromatic rings. The Morgan fingerprint density at radius 1 is 0.0196 bits per heavy atom. The number of hydrogen-bond donors (Lipinski definition) is 0. The summed E-state index contributed by atoms with van der Waals surface area (Å²) in [5.74, 6) is 0. The van der Waals surface area contributed by atoms with E-state index in [0.717, 1.165) is 0 Å². The van der Waals surface area contributed by atoms with Gasteiger partial charge in [-0.2, -0.15) is 0 Å². The first-order valence-electron chi connectivity index (χ1n) is 0. The Morgan fingerprint density at radius 3 is 0.0196 bits per heavy atom. The predicted molar refractivity (Wildman–Crippen MR) is 0 cm³/mol. The van der Waals surface area contributed by atoms with E-state index < -0.39 is 0 Å². The van der Waals surface area contributed by atoms with Crippen molar-refractivity contribution in [3.8, 4) is 0 Å². The zero-order chi connectivity index (χ0) is 0. The molecule has 0 bridgehead atoms. The zero-order valence-electron chi connectivity index (χ0n) is 17.0. The van der Waals surface area contributed by atoms with Gasteiger partial charge in [-0.3, -0.25) is 0 Å². The van der Waals surface area contributed by atoms with Gasteiger partial charge in [0.25, 0.3) is 0 Å². The van der Waals surface area contributed by atoms with Crippen molar-refractivity contribution in [2.45, 2.75) is 0 Å². The fourth-order valence-electron chi connectivity index (χ4n) is 0. The van der Waals surface area contributed by atoms with E-state index in [-0.39, 0.29) is 1970 Å². The van der Waals surface area contributed by atoms with Crippen LogP contribution in [0.1, 0.15) is 0 Å². The molecule has 0 fully saturated rings. The Morgan fingerprint density at radius 2 is 0.0196 bits per heavy atom. The fraction of sp³-hybridized carbons (Fsp3) is 0. The van der Waals surface area contributed by atoms with Gasteiger partial charge >= 0.3 is 0 Å². The maximum absolute atomic E-state index is 0. The van der Waals surface area contributed by atoms with Crippen molar-refractivity contribution < 1.29 is 1970 Å². The first-order chi connectivity index (χ1) is 0. The summed E-state index contributed by atoms with van der Waals surface area (Å²) in [5.41, 5.74) is 0. The summed E-state index contributed by atoms with van der Waals surface area (Å²) in [7, 11) is 0. The van der Waals surface area contributed by atoms with E-state index in [1.165, 1.54) is 0 Å². The maximum atomic E-state index is 0. The molecule has 51 heavy (non-hydrogen) atoms. The SMILES string of the molecule is [Tb].[Tb].[Tb].[Tb].[Tb].[Tb].[Tb].[Tb].[Tb].[Tb].[Tb].[Tb].[Tb].[Tb].[Tb].[Tb].[Tb].[Tb].[Tb].[Tb].[Tb].[Tb].[Tb].[Tb].[Tb].[Tb].[Tb].[Tb].[Tb].[Tb].[Tb].[Tb].[Tb].[Tb].[Tb].[Tb].[Tb].[Tb].[Tb].[Tb].[Tb].[Tb].[Tb].[Tb].[Tb].[Tb].[Tb].[Tb].[Tb].[Tb].[Tb]. The molecule has 0 rings (SSSR count). The minimum Gasteiger partial charge on any atom is 0 e. The minimum absolute atomic E-state index is 0. The van der Waals surface area contributed by atoms with Crippen LogP contribution in [0.3, 0.4) is 0 Å². The van der Waals surface area contributed by atoms with Crippen LogP contribution in [0.25, 0.3) is 0 Å². The van der Waals surface area contributed by atoms with Gasteiger partial charge in [-0.1, -0.05) is 0 Å². The molecule has 0 saturated carbocycles. The van der Waals surface area contributed by atoms with E-state index in [0.29, 0.717) is 0 Å². The summed E-state index contributed by atoms with van der Waals surface area (Å²) in [6.07, 6.45) is 0. The molecule has 0 aliphatic heterocycles. The Balaban J connectivity index is 0. The van der Waals surface area contributed by atoms with E-state index in [2.05, 4.69) is 0 Å². The first kappa shape index (κ1) is 362. The van der Waals surface area contributed by atoms with Gasteiger partial charge in [0.15, 0.2) is 0 Å². The van der Waals surface area contributed by atoms with Gasteiger partial charge in [0.1, 0.15) is 0 Å². The second kappa shape index (κ2) is 353. The fourth-order valence-corrected chi connectivity index (χ4v) is 0. The van der Waals surface area contributed by atoms with Crippen LogP contribution >= 0.6 is 0 Å². The summed E-state index contributed by atoms with van der Waals surface area (Å²) in [5, 5.41) is 0. The van der Waals surface area contributed by atoms with Gasteiger partial charge in [-0.05, 0) is 0 Å². The topological polar surface area (TPSA) is 0 Å². The van der Waals surface area contributed by atoms with Crippen molar-refractivity contribution in [3.05, 3.63) is 0 Å². The van der Waals surface area contributed by atoms with Crippen molar-refractivity contribution in [1.29, 1.82) is 0 Å². The largest absolute Gasteiger partial charge is 0 e. The Labute approximate surface area is 1890 Å². The molecule has 51 heteroatoms. The molecule has 0 aromatic heterocycles. The second-order valence-corrected chi connectivity index (χ2v) is 0. The van der Waals surface area contributed by atoms with Crippen molar-refractivity contribution in [2.75, 3.05) is 0 Å². The monoisotopic (exact) mass is 8110 g/mol. The van der Waals surface area contributed by atoms with Crippen LogP contribution in [-0.4, -0.2) is 0 Å². The van der Waals surface area contributed by atoms with E-state index in [1.807, 2.05) is 0 Å². The maximum Gasteiger partial charge on any atom is 0 e. The molecule has 0 atom stereocenters. The van der Waals surface area contributed by atoms with Crippen molar-refractivity contribution in [1.82, 2.24) is 0 Å². The molecule has 0 aliphatic carbocycles. The third-order valence-corrected chi connectivity index (χ3v) is 0. The van der Waals surface area contributed by atoms with Crippen LogP contribution in [0.5, 0.6) is 0 Å². The molecular weight excluding hydrogens is 8110 g/mol. The smallest absolute Gasteiger partial charge is 0 e. The van der Waals surface area contributed by atoms with Crippen LogP contribution in [0.4, 0.5) is 0 Å². The summed E-state index contributed by atoms with van der Waals surface area (Å²) in [4.78, 5) is 0. The van der Waals surface area contributed by atoms with Gasteiger partial charge in [-0.15, -0.1) is 0 Å². The van der Waals surface area contributed by atoms with E-state index in [9.17, 15) is 0 Å². The van der Waals surface area contributed by atoms with Crippen molar-refractivity contribution in [2.24, 2.45) is 0 Å². The van der Waals surface area contributed by atoms with Gasteiger partial charge in [0.2, 0.25) is 0 Å². The minimum atomic E-state index is 0. The van der Waals surface area contributed by atoms with Crippen molar-refractivity contribution >= 4 is 0 Å². The average Bonchev–Trinajstić information content (AvgIpc) is 0. The Kier molecular flexibility index (Phi) is 2510. The second-order valence-electron chi connectivity index (χ2n) is 0.